The van der Waals surface area contributed by atoms with Crippen LogP contribution in [-0.2, 0) is 9.53 Å². The van der Waals surface area contributed by atoms with E-state index in [1.165, 1.54) is 5.56 Å². The fraction of sp³-hybridized carbons (Fsp3) is 0.333. The van der Waals surface area contributed by atoms with E-state index in [4.69, 9.17) is 4.74 Å². The van der Waals surface area contributed by atoms with E-state index in [1.807, 2.05) is 49.3 Å². The summed E-state index contributed by atoms with van der Waals surface area (Å²) in [7, 11) is 3.79. The van der Waals surface area contributed by atoms with E-state index in [0.29, 0.717) is 17.2 Å². The van der Waals surface area contributed by atoms with Crippen LogP contribution in [0.4, 0.5) is 11.4 Å². The fourth-order valence-corrected chi connectivity index (χ4v) is 2.39. The maximum absolute atomic E-state index is 12.3. The Morgan fingerprint density at radius 3 is 2.23 bits per heavy atom. The molecule has 0 heterocycles. The monoisotopic (exact) mass is 354 g/mol. The lowest BCUT2D eigenvalue weighted by molar-refractivity contribution is -0.123. The van der Waals surface area contributed by atoms with Crippen molar-refractivity contribution < 1.29 is 14.3 Å². The van der Waals surface area contributed by atoms with E-state index >= 15 is 0 Å². The summed E-state index contributed by atoms with van der Waals surface area (Å²) in [6, 6.07) is 14.7. The van der Waals surface area contributed by atoms with Crippen LogP contribution in [0.1, 0.15) is 42.6 Å². The first-order valence-corrected chi connectivity index (χ1v) is 8.67. The Morgan fingerprint density at radius 1 is 1.00 bits per heavy atom. The molecule has 138 valence electrons. The first-order valence-electron chi connectivity index (χ1n) is 8.67. The van der Waals surface area contributed by atoms with Crippen LogP contribution in [0.15, 0.2) is 48.5 Å². The van der Waals surface area contributed by atoms with Crippen molar-refractivity contribution in [3.05, 3.63) is 59.7 Å². The van der Waals surface area contributed by atoms with E-state index in [-0.39, 0.29) is 5.91 Å². The summed E-state index contributed by atoms with van der Waals surface area (Å²) in [6.45, 7) is 5.78. The molecule has 0 spiro atoms. The predicted molar refractivity (Wildman–Crippen MR) is 105 cm³/mol. The van der Waals surface area contributed by atoms with E-state index in [0.717, 1.165) is 5.69 Å². The Kier molecular flexibility index (Phi) is 6.39. The molecule has 2 rings (SSSR count). The van der Waals surface area contributed by atoms with Gasteiger partial charge in [-0.25, -0.2) is 4.79 Å². The van der Waals surface area contributed by atoms with Crippen molar-refractivity contribution in [2.24, 2.45) is 0 Å². The lowest BCUT2D eigenvalue weighted by atomic mass is 10.0. The van der Waals surface area contributed by atoms with E-state index in [1.54, 1.807) is 25.1 Å². The summed E-state index contributed by atoms with van der Waals surface area (Å²) in [5.41, 5.74) is 3.18. The first kappa shape index (κ1) is 19.5. The molecule has 2 aromatic rings. The van der Waals surface area contributed by atoms with Crippen LogP contribution in [-0.4, -0.2) is 32.1 Å². The summed E-state index contributed by atoms with van der Waals surface area (Å²) >= 11 is 0. The standard InChI is InChI=1S/C21H26N2O3/c1-14(2)16-9-11-18(12-10-16)22-20(24)15(3)26-21(25)17-7-6-8-19(13-17)23(4)5/h6-15H,1-5H3,(H,22,24)/t15-/m1/s1. The van der Waals surface area contributed by atoms with Crippen LogP contribution >= 0.6 is 0 Å². The molecule has 0 aliphatic carbocycles. The number of carbonyl (C=O) groups is 2. The second-order valence-corrected chi connectivity index (χ2v) is 6.76. The molecule has 0 saturated carbocycles. The van der Waals surface area contributed by atoms with Gasteiger partial charge in [0, 0.05) is 25.5 Å². The van der Waals surface area contributed by atoms with Gasteiger partial charge in [-0.05, 0) is 48.7 Å². The Bertz CT molecular complexity index is 767. The second-order valence-electron chi connectivity index (χ2n) is 6.76. The molecule has 0 aliphatic heterocycles. The van der Waals surface area contributed by atoms with Gasteiger partial charge in [0.25, 0.3) is 5.91 Å². The number of rotatable bonds is 6. The number of anilines is 2. The second kappa shape index (κ2) is 8.52. The number of carbonyl (C=O) groups excluding carboxylic acids is 2. The van der Waals surface area contributed by atoms with Gasteiger partial charge in [0.15, 0.2) is 6.10 Å². The van der Waals surface area contributed by atoms with Gasteiger partial charge in [0.2, 0.25) is 0 Å². The number of ether oxygens (including phenoxy) is 1. The van der Waals surface area contributed by atoms with E-state index in [9.17, 15) is 9.59 Å². The number of nitrogens with one attached hydrogen (secondary N) is 1. The largest absolute Gasteiger partial charge is 0.449 e. The molecule has 0 aliphatic rings. The third-order valence-corrected chi connectivity index (χ3v) is 4.10. The maximum atomic E-state index is 12.3. The molecule has 5 nitrogen and oxygen atoms in total. The normalized spacial score (nSPS) is 11.8. The Balaban J connectivity index is 1.97. The highest BCUT2D eigenvalue weighted by Gasteiger charge is 2.19. The molecule has 0 fully saturated rings. The highest BCUT2D eigenvalue weighted by Crippen LogP contribution is 2.18. The molecular weight excluding hydrogens is 328 g/mol. The maximum Gasteiger partial charge on any atom is 0.338 e. The zero-order valence-electron chi connectivity index (χ0n) is 15.9. The lowest BCUT2D eigenvalue weighted by Crippen LogP contribution is -2.30. The van der Waals surface area contributed by atoms with Crippen molar-refractivity contribution in [3.8, 4) is 0 Å². The molecule has 26 heavy (non-hydrogen) atoms. The van der Waals surface area contributed by atoms with E-state index in [2.05, 4.69) is 19.2 Å². The van der Waals surface area contributed by atoms with Crippen LogP contribution in [0.2, 0.25) is 0 Å². The van der Waals surface area contributed by atoms with Gasteiger partial charge in [-0.2, -0.15) is 0 Å². The average molecular weight is 354 g/mol. The zero-order chi connectivity index (χ0) is 19.3. The van der Waals surface area contributed by atoms with Gasteiger partial charge in [0.1, 0.15) is 0 Å². The number of nitrogens with zero attached hydrogens (tertiary/aromatic N) is 1. The highest BCUT2D eigenvalue weighted by molar-refractivity contribution is 5.97. The smallest absolute Gasteiger partial charge is 0.338 e. The Hall–Kier alpha value is -2.82. The van der Waals surface area contributed by atoms with Crippen molar-refractivity contribution in [1.29, 1.82) is 0 Å². The molecule has 0 aromatic heterocycles. The molecule has 1 atom stereocenters. The number of amides is 1. The number of esters is 1. The molecular formula is C21H26N2O3. The molecule has 1 amide bonds. The van der Waals surface area contributed by atoms with Gasteiger partial charge >= 0.3 is 5.97 Å². The van der Waals surface area contributed by atoms with Crippen LogP contribution in [0, 0.1) is 0 Å². The van der Waals surface area contributed by atoms with Crippen LogP contribution in [0.25, 0.3) is 0 Å². The molecule has 0 unspecified atom stereocenters. The molecule has 2 aromatic carbocycles. The number of hydrogen-bond acceptors (Lipinski definition) is 4. The number of benzene rings is 2. The van der Waals surface area contributed by atoms with Gasteiger partial charge in [-0.15, -0.1) is 0 Å². The van der Waals surface area contributed by atoms with Gasteiger partial charge in [0.05, 0.1) is 5.56 Å². The molecule has 5 heteroatoms. The van der Waals surface area contributed by atoms with Gasteiger partial charge < -0.3 is 15.0 Å². The van der Waals surface area contributed by atoms with Crippen molar-refractivity contribution in [3.63, 3.8) is 0 Å². The minimum Gasteiger partial charge on any atom is -0.449 e. The van der Waals surface area contributed by atoms with Crippen molar-refractivity contribution in [2.75, 3.05) is 24.3 Å². The SMILES string of the molecule is CC(C)c1ccc(NC(=O)[C@@H](C)OC(=O)c2cccc(N(C)C)c2)cc1. The Morgan fingerprint density at radius 2 is 1.65 bits per heavy atom. The van der Waals surface area contributed by atoms with Crippen LogP contribution < -0.4 is 10.2 Å². The molecule has 0 bridgehead atoms. The lowest BCUT2D eigenvalue weighted by Gasteiger charge is -2.16. The minimum atomic E-state index is -0.893. The Labute approximate surface area is 155 Å². The fourth-order valence-electron chi connectivity index (χ4n) is 2.39. The summed E-state index contributed by atoms with van der Waals surface area (Å²) < 4.78 is 5.30. The van der Waals surface area contributed by atoms with Gasteiger partial charge in [-0.1, -0.05) is 32.0 Å². The summed E-state index contributed by atoms with van der Waals surface area (Å²) in [6.07, 6.45) is -0.893. The third kappa shape index (κ3) is 5.09. The summed E-state index contributed by atoms with van der Waals surface area (Å²) in [5.74, 6) is -0.455. The van der Waals surface area contributed by atoms with Crippen molar-refractivity contribution >= 4 is 23.3 Å². The predicted octanol–water partition coefficient (Wildman–Crippen LogP) is 4.06. The van der Waals surface area contributed by atoms with E-state index < -0.39 is 12.1 Å². The third-order valence-electron chi connectivity index (χ3n) is 4.10. The van der Waals surface area contributed by atoms with Gasteiger partial charge in [-0.3, -0.25) is 4.79 Å². The minimum absolute atomic E-state index is 0.362. The van der Waals surface area contributed by atoms with Crippen molar-refractivity contribution in [2.45, 2.75) is 32.8 Å². The summed E-state index contributed by atoms with van der Waals surface area (Å²) in [4.78, 5) is 26.5. The topological polar surface area (TPSA) is 58.6 Å². The number of hydrogen-bond donors (Lipinski definition) is 1. The molecule has 0 radical (unpaired) electrons. The first-order chi connectivity index (χ1) is 12.3. The quantitative estimate of drug-likeness (QED) is 0.795. The summed E-state index contributed by atoms with van der Waals surface area (Å²) in [5, 5.41) is 2.77. The van der Waals surface area contributed by atoms with Crippen LogP contribution in [0.5, 0.6) is 0 Å². The molecule has 1 N–H and O–H groups in total. The van der Waals surface area contributed by atoms with Crippen molar-refractivity contribution in [1.82, 2.24) is 0 Å². The average Bonchev–Trinajstić information content (AvgIpc) is 2.62. The highest BCUT2D eigenvalue weighted by atomic mass is 16.5. The van der Waals surface area contributed by atoms with Crippen LogP contribution in [0.3, 0.4) is 0 Å². The zero-order valence-corrected chi connectivity index (χ0v) is 15.9. The molecule has 0 saturated heterocycles.